The van der Waals surface area contributed by atoms with E-state index in [1.165, 1.54) is 11.8 Å². The minimum Gasteiger partial charge on any atom is -0.493 e. The fraction of sp³-hybridized carbons (Fsp3) is 0.238. The number of nitrogens with one attached hydrogen (secondary N) is 1. The molecule has 1 aromatic heterocycles. The molecule has 1 N–H and O–H groups in total. The van der Waals surface area contributed by atoms with Gasteiger partial charge in [-0.25, -0.2) is 4.98 Å². The van der Waals surface area contributed by atoms with Crippen molar-refractivity contribution in [3.05, 3.63) is 60.7 Å². The number of nitrogens with zero attached hydrogens (tertiary/aromatic N) is 2. The van der Waals surface area contributed by atoms with Crippen molar-refractivity contribution >= 4 is 28.7 Å². The molecule has 2 aromatic carbocycles. The second-order valence-corrected chi connectivity index (χ2v) is 6.98. The fourth-order valence-electron chi connectivity index (χ4n) is 2.84. The van der Waals surface area contributed by atoms with Crippen molar-refractivity contribution in [2.24, 2.45) is 0 Å². The van der Waals surface area contributed by atoms with Crippen LogP contribution in [0.15, 0.2) is 60.3 Å². The van der Waals surface area contributed by atoms with Crippen LogP contribution in [0.4, 0.5) is 0 Å². The zero-order valence-corrected chi connectivity index (χ0v) is 16.8. The molecule has 0 unspecified atom stereocenters. The van der Waals surface area contributed by atoms with E-state index in [0.717, 1.165) is 21.8 Å². The van der Waals surface area contributed by atoms with Gasteiger partial charge in [-0.3, -0.25) is 4.79 Å². The number of benzene rings is 2. The standard InChI is InChI=1S/C21H23N3O3S/c1-4-11-24-17-8-6-5-7-16(17)23-21(24)28-14-20(25)22-13-15-9-10-18(26-2)19(12-15)27-3/h4-10,12H,1,11,13-14H2,2-3H3,(H,22,25). The first kappa shape index (κ1) is 19.8. The first-order valence-electron chi connectivity index (χ1n) is 8.82. The van der Waals surface area contributed by atoms with Crippen LogP contribution in [-0.4, -0.2) is 35.4 Å². The average Bonchev–Trinajstić information content (AvgIpc) is 3.08. The number of aromatic nitrogens is 2. The number of fused-ring (bicyclic) bond motifs is 1. The number of imidazole rings is 1. The highest BCUT2D eigenvalue weighted by molar-refractivity contribution is 7.99. The molecule has 0 bridgehead atoms. The number of thioether (sulfide) groups is 1. The van der Waals surface area contributed by atoms with E-state index < -0.39 is 0 Å². The number of allylic oxidation sites excluding steroid dienone is 1. The molecule has 28 heavy (non-hydrogen) atoms. The van der Waals surface area contributed by atoms with E-state index in [4.69, 9.17) is 9.47 Å². The van der Waals surface area contributed by atoms with Gasteiger partial charge in [-0.1, -0.05) is 36.0 Å². The molecular formula is C21H23N3O3S. The molecule has 0 aliphatic rings. The van der Waals surface area contributed by atoms with E-state index in [0.29, 0.717) is 24.6 Å². The summed E-state index contributed by atoms with van der Waals surface area (Å²) in [5, 5.41) is 3.74. The van der Waals surface area contributed by atoms with E-state index in [1.807, 2.05) is 48.5 Å². The maximum absolute atomic E-state index is 12.3. The highest BCUT2D eigenvalue weighted by atomic mass is 32.2. The number of hydrogen-bond donors (Lipinski definition) is 1. The number of hydrogen-bond acceptors (Lipinski definition) is 5. The van der Waals surface area contributed by atoms with Gasteiger partial charge in [0.1, 0.15) is 0 Å². The number of methoxy groups -OCH3 is 2. The third kappa shape index (κ3) is 4.48. The normalized spacial score (nSPS) is 10.6. The smallest absolute Gasteiger partial charge is 0.230 e. The van der Waals surface area contributed by atoms with Gasteiger partial charge in [0.2, 0.25) is 5.91 Å². The second-order valence-electron chi connectivity index (χ2n) is 6.04. The largest absolute Gasteiger partial charge is 0.493 e. The molecular weight excluding hydrogens is 374 g/mol. The van der Waals surface area contributed by atoms with Crippen LogP contribution >= 0.6 is 11.8 Å². The highest BCUT2D eigenvalue weighted by Gasteiger charge is 2.12. The molecule has 0 aliphatic heterocycles. The molecule has 1 amide bonds. The average molecular weight is 398 g/mol. The molecule has 7 heteroatoms. The van der Waals surface area contributed by atoms with Gasteiger partial charge >= 0.3 is 0 Å². The van der Waals surface area contributed by atoms with E-state index >= 15 is 0 Å². The lowest BCUT2D eigenvalue weighted by atomic mass is 10.2. The maximum atomic E-state index is 12.3. The zero-order valence-electron chi connectivity index (χ0n) is 16.0. The molecule has 0 atom stereocenters. The Morgan fingerprint density at radius 2 is 2.00 bits per heavy atom. The van der Waals surface area contributed by atoms with Crippen LogP contribution in [0.2, 0.25) is 0 Å². The Hall–Kier alpha value is -2.93. The third-order valence-corrected chi connectivity index (χ3v) is 5.18. The summed E-state index contributed by atoms with van der Waals surface area (Å²) >= 11 is 1.42. The van der Waals surface area contributed by atoms with E-state index in [2.05, 4.69) is 21.4 Å². The number of amides is 1. The van der Waals surface area contributed by atoms with Crippen LogP contribution in [-0.2, 0) is 17.9 Å². The number of rotatable bonds is 9. The molecule has 0 saturated carbocycles. The summed E-state index contributed by atoms with van der Waals surface area (Å²) < 4.78 is 12.6. The Kier molecular flexibility index (Phi) is 6.60. The number of carbonyl (C=O) groups is 1. The quantitative estimate of drug-likeness (QED) is 0.441. The summed E-state index contributed by atoms with van der Waals surface area (Å²) in [5.41, 5.74) is 2.89. The molecule has 3 aromatic rings. The van der Waals surface area contributed by atoms with E-state index in [9.17, 15) is 4.79 Å². The molecule has 0 saturated heterocycles. The summed E-state index contributed by atoms with van der Waals surface area (Å²) in [4.78, 5) is 16.9. The highest BCUT2D eigenvalue weighted by Crippen LogP contribution is 2.27. The Labute approximate surface area is 168 Å². The SMILES string of the molecule is C=CCn1c(SCC(=O)NCc2ccc(OC)c(OC)c2)nc2ccccc21. The van der Waals surface area contributed by atoms with E-state index in [1.54, 1.807) is 14.2 Å². The van der Waals surface area contributed by atoms with Crippen LogP contribution in [0.5, 0.6) is 11.5 Å². The van der Waals surface area contributed by atoms with Crippen molar-refractivity contribution in [2.45, 2.75) is 18.2 Å². The summed E-state index contributed by atoms with van der Waals surface area (Å²) in [6.07, 6.45) is 1.83. The summed E-state index contributed by atoms with van der Waals surface area (Å²) in [6, 6.07) is 13.5. The minimum absolute atomic E-state index is 0.0583. The molecule has 146 valence electrons. The first-order chi connectivity index (χ1) is 13.7. The van der Waals surface area contributed by atoms with Crippen molar-refractivity contribution in [3.63, 3.8) is 0 Å². The molecule has 0 fully saturated rings. The minimum atomic E-state index is -0.0583. The van der Waals surface area contributed by atoms with Gasteiger partial charge in [0.15, 0.2) is 16.7 Å². The summed E-state index contributed by atoms with van der Waals surface area (Å²) in [5.74, 6) is 1.53. The van der Waals surface area contributed by atoms with Gasteiger partial charge in [0.25, 0.3) is 0 Å². The van der Waals surface area contributed by atoms with Gasteiger partial charge in [0, 0.05) is 13.1 Å². The van der Waals surface area contributed by atoms with Crippen molar-refractivity contribution < 1.29 is 14.3 Å². The fourth-order valence-corrected chi connectivity index (χ4v) is 3.70. The van der Waals surface area contributed by atoms with Gasteiger partial charge in [0.05, 0.1) is 31.0 Å². The van der Waals surface area contributed by atoms with Crippen LogP contribution in [0, 0.1) is 0 Å². The van der Waals surface area contributed by atoms with Crippen molar-refractivity contribution in [1.82, 2.24) is 14.9 Å². The first-order valence-corrected chi connectivity index (χ1v) is 9.81. The van der Waals surface area contributed by atoms with Gasteiger partial charge < -0.3 is 19.4 Å². The molecule has 0 aliphatic carbocycles. The predicted octanol–water partition coefficient (Wildman–Crippen LogP) is 3.65. The second kappa shape index (κ2) is 9.32. The van der Waals surface area contributed by atoms with Crippen LogP contribution in [0.25, 0.3) is 11.0 Å². The lowest BCUT2D eigenvalue weighted by Crippen LogP contribution is -2.24. The Balaban J connectivity index is 1.61. The Morgan fingerprint density at radius 1 is 1.21 bits per heavy atom. The molecule has 0 spiro atoms. The summed E-state index contributed by atoms with van der Waals surface area (Å²) in [7, 11) is 3.18. The van der Waals surface area contributed by atoms with Crippen LogP contribution < -0.4 is 14.8 Å². The maximum Gasteiger partial charge on any atom is 0.230 e. The monoisotopic (exact) mass is 397 g/mol. The number of para-hydroxylation sites is 2. The lowest BCUT2D eigenvalue weighted by molar-refractivity contribution is -0.118. The number of ether oxygens (including phenoxy) is 2. The van der Waals surface area contributed by atoms with Gasteiger partial charge in [-0.05, 0) is 29.8 Å². The van der Waals surface area contributed by atoms with Gasteiger partial charge in [-0.15, -0.1) is 6.58 Å². The topological polar surface area (TPSA) is 65.4 Å². The van der Waals surface area contributed by atoms with Crippen LogP contribution in [0.1, 0.15) is 5.56 Å². The van der Waals surface area contributed by atoms with Crippen LogP contribution in [0.3, 0.4) is 0 Å². The molecule has 3 rings (SSSR count). The molecule has 0 radical (unpaired) electrons. The van der Waals surface area contributed by atoms with Crippen molar-refractivity contribution in [3.8, 4) is 11.5 Å². The lowest BCUT2D eigenvalue weighted by Gasteiger charge is -2.10. The summed E-state index contributed by atoms with van der Waals surface area (Å²) in [6.45, 7) is 4.88. The van der Waals surface area contributed by atoms with Crippen molar-refractivity contribution in [1.29, 1.82) is 0 Å². The van der Waals surface area contributed by atoms with Gasteiger partial charge in [-0.2, -0.15) is 0 Å². The van der Waals surface area contributed by atoms with Crippen molar-refractivity contribution in [2.75, 3.05) is 20.0 Å². The number of carbonyl (C=O) groups excluding carboxylic acids is 1. The third-order valence-electron chi connectivity index (χ3n) is 4.20. The molecule has 6 nitrogen and oxygen atoms in total. The Bertz CT molecular complexity index is 984. The Morgan fingerprint density at radius 3 is 2.75 bits per heavy atom. The molecule has 1 heterocycles. The predicted molar refractivity (Wildman–Crippen MR) is 112 cm³/mol. The van der Waals surface area contributed by atoms with E-state index in [-0.39, 0.29) is 11.7 Å². The zero-order chi connectivity index (χ0) is 19.9.